The fourth-order valence-electron chi connectivity index (χ4n) is 2.94. The highest BCUT2D eigenvalue weighted by Crippen LogP contribution is 2.22. The highest BCUT2D eigenvalue weighted by atomic mass is 32.2. The van der Waals surface area contributed by atoms with Crippen LogP contribution in [0, 0.1) is 5.92 Å². The third-order valence-electron chi connectivity index (χ3n) is 4.24. The van der Waals surface area contributed by atoms with Crippen molar-refractivity contribution < 1.29 is 13.7 Å². The summed E-state index contributed by atoms with van der Waals surface area (Å²) in [5, 5.41) is 0.538. The molecule has 0 saturated carbocycles. The first-order valence-electron chi connectivity index (χ1n) is 8.63. The quantitative estimate of drug-likeness (QED) is 0.908. The molecule has 1 saturated heterocycles. The summed E-state index contributed by atoms with van der Waals surface area (Å²) in [7, 11) is -1.15. The molecule has 1 amide bonds. The van der Waals surface area contributed by atoms with Crippen LogP contribution in [0.2, 0.25) is 0 Å². The number of carbonyl (C=O) groups is 1. The Morgan fingerprint density at radius 1 is 1.32 bits per heavy atom. The highest BCUT2D eigenvalue weighted by Gasteiger charge is 2.28. The van der Waals surface area contributed by atoms with Gasteiger partial charge in [-0.15, -0.1) is 0 Å². The molecule has 25 heavy (non-hydrogen) atoms. The predicted octanol–water partition coefficient (Wildman–Crippen LogP) is 3.32. The fraction of sp³-hybridized carbons (Fsp3) is 0.556. The van der Waals surface area contributed by atoms with Gasteiger partial charge in [-0.1, -0.05) is 12.1 Å². The number of aromatic nitrogens is 2. The third-order valence-corrected chi connectivity index (χ3v) is 5.64. The number of para-hydroxylation sites is 2. The summed E-state index contributed by atoms with van der Waals surface area (Å²) in [6.07, 6.45) is 1.42. The Bertz CT molecular complexity index is 740. The van der Waals surface area contributed by atoms with Gasteiger partial charge in [0.1, 0.15) is 5.60 Å². The number of fused-ring (bicyclic) bond motifs is 1. The number of piperidine rings is 1. The molecule has 1 atom stereocenters. The van der Waals surface area contributed by atoms with Crippen LogP contribution in [0.3, 0.4) is 0 Å². The molecule has 1 aromatic carbocycles. The van der Waals surface area contributed by atoms with Crippen LogP contribution in [0.15, 0.2) is 29.4 Å². The van der Waals surface area contributed by atoms with Crippen LogP contribution in [-0.2, 0) is 15.5 Å². The summed E-state index contributed by atoms with van der Waals surface area (Å²) >= 11 is 0. The number of amides is 1. The Kier molecular flexibility index (Phi) is 5.13. The number of nitrogens with one attached hydrogen (secondary N) is 1. The Hall–Kier alpha value is -1.89. The molecule has 1 fully saturated rings. The normalized spacial score (nSPS) is 17.6. The Morgan fingerprint density at radius 3 is 2.64 bits per heavy atom. The van der Waals surface area contributed by atoms with Gasteiger partial charge in [0.2, 0.25) is 0 Å². The lowest BCUT2D eigenvalue weighted by Gasteiger charge is -2.33. The molecule has 0 bridgehead atoms. The van der Waals surface area contributed by atoms with Crippen LogP contribution in [0.1, 0.15) is 33.6 Å². The molecule has 2 heterocycles. The van der Waals surface area contributed by atoms with Crippen molar-refractivity contribution in [1.29, 1.82) is 0 Å². The molecule has 0 radical (unpaired) electrons. The molecule has 0 spiro atoms. The molecule has 2 aromatic rings. The van der Waals surface area contributed by atoms with E-state index < -0.39 is 16.4 Å². The first-order valence-corrected chi connectivity index (χ1v) is 9.95. The van der Waals surface area contributed by atoms with Crippen molar-refractivity contribution in [3.05, 3.63) is 24.3 Å². The number of hydrogen-bond acceptors (Lipinski definition) is 4. The van der Waals surface area contributed by atoms with E-state index in [-0.39, 0.29) is 6.09 Å². The van der Waals surface area contributed by atoms with Gasteiger partial charge in [0.15, 0.2) is 5.16 Å². The van der Waals surface area contributed by atoms with Crippen molar-refractivity contribution >= 4 is 27.9 Å². The van der Waals surface area contributed by atoms with Crippen LogP contribution in [-0.4, -0.2) is 49.6 Å². The number of nitrogens with zero attached hydrogens (tertiary/aromatic N) is 2. The van der Waals surface area contributed by atoms with Crippen molar-refractivity contribution in [3.63, 3.8) is 0 Å². The number of likely N-dealkylation sites (tertiary alicyclic amines) is 1. The Morgan fingerprint density at radius 2 is 2.00 bits per heavy atom. The summed E-state index contributed by atoms with van der Waals surface area (Å²) in [6, 6.07) is 7.69. The standard InChI is InChI=1S/C18H25N3O3S/c1-18(2,3)24-17(22)21-10-8-13(9-11-21)12-25(23)16-19-14-6-4-5-7-15(14)20-16/h4-7,13H,8-12H2,1-3H3,(H,19,20). The number of H-pyrrole nitrogens is 1. The fourth-order valence-corrected chi connectivity index (χ4v) is 4.28. The van der Waals surface area contributed by atoms with Gasteiger partial charge in [-0.05, 0) is 51.7 Å². The van der Waals surface area contributed by atoms with Gasteiger partial charge >= 0.3 is 6.09 Å². The molecule has 1 aliphatic rings. The van der Waals surface area contributed by atoms with Crippen LogP contribution in [0.4, 0.5) is 4.79 Å². The number of benzene rings is 1. The minimum Gasteiger partial charge on any atom is -0.444 e. The molecule has 1 N–H and O–H groups in total. The monoisotopic (exact) mass is 363 g/mol. The number of ether oxygens (including phenoxy) is 1. The smallest absolute Gasteiger partial charge is 0.410 e. The second-order valence-corrected chi connectivity index (χ2v) is 8.89. The van der Waals surface area contributed by atoms with E-state index >= 15 is 0 Å². The molecular formula is C18H25N3O3S. The zero-order valence-corrected chi connectivity index (χ0v) is 15.8. The molecule has 3 rings (SSSR count). The van der Waals surface area contributed by atoms with Crippen molar-refractivity contribution in [2.24, 2.45) is 5.92 Å². The van der Waals surface area contributed by atoms with Gasteiger partial charge in [0.05, 0.1) is 21.8 Å². The SMILES string of the molecule is CC(C)(C)OC(=O)N1CCC(CS(=O)c2nc3ccccc3[nH]2)CC1. The second kappa shape index (κ2) is 7.15. The lowest BCUT2D eigenvalue weighted by atomic mass is 9.99. The van der Waals surface area contributed by atoms with E-state index in [0.29, 0.717) is 29.9 Å². The van der Waals surface area contributed by atoms with Crippen LogP contribution >= 0.6 is 0 Å². The maximum atomic E-state index is 12.6. The molecule has 1 aromatic heterocycles. The zero-order valence-electron chi connectivity index (χ0n) is 14.9. The topological polar surface area (TPSA) is 75.3 Å². The molecule has 1 unspecified atom stereocenters. The maximum absolute atomic E-state index is 12.6. The summed E-state index contributed by atoms with van der Waals surface area (Å²) < 4.78 is 18.0. The van der Waals surface area contributed by atoms with Gasteiger partial charge < -0.3 is 14.6 Å². The van der Waals surface area contributed by atoms with Crippen molar-refractivity contribution in [2.75, 3.05) is 18.8 Å². The number of imidazole rings is 1. The lowest BCUT2D eigenvalue weighted by molar-refractivity contribution is 0.0191. The number of rotatable bonds is 3. The predicted molar refractivity (Wildman–Crippen MR) is 97.9 cm³/mol. The van der Waals surface area contributed by atoms with E-state index in [2.05, 4.69) is 9.97 Å². The van der Waals surface area contributed by atoms with E-state index in [0.717, 1.165) is 23.9 Å². The van der Waals surface area contributed by atoms with E-state index in [4.69, 9.17) is 4.74 Å². The van der Waals surface area contributed by atoms with Gasteiger partial charge in [0.25, 0.3) is 0 Å². The highest BCUT2D eigenvalue weighted by molar-refractivity contribution is 7.84. The maximum Gasteiger partial charge on any atom is 0.410 e. The first-order chi connectivity index (χ1) is 11.8. The average Bonchev–Trinajstić information content (AvgIpc) is 2.98. The number of hydrogen-bond donors (Lipinski definition) is 1. The minimum absolute atomic E-state index is 0.260. The lowest BCUT2D eigenvalue weighted by Crippen LogP contribution is -2.42. The van der Waals surface area contributed by atoms with Crippen LogP contribution in [0.25, 0.3) is 11.0 Å². The third kappa shape index (κ3) is 4.60. The largest absolute Gasteiger partial charge is 0.444 e. The van der Waals surface area contributed by atoms with Gasteiger partial charge in [-0.25, -0.2) is 9.78 Å². The first kappa shape index (κ1) is 17.9. The van der Waals surface area contributed by atoms with Crippen LogP contribution in [0.5, 0.6) is 0 Å². The van der Waals surface area contributed by atoms with Gasteiger partial charge in [0, 0.05) is 18.8 Å². The van der Waals surface area contributed by atoms with E-state index in [9.17, 15) is 9.00 Å². The molecule has 1 aliphatic heterocycles. The molecule has 7 heteroatoms. The van der Waals surface area contributed by atoms with Gasteiger partial charge in [-0.3, -0.25) is 4.21 Å². The van der Waals surface area contributed by atoms with E-state index in [1.54, 1.807) is 4.90 Å². The van der Waals surface area contributed by atoms with E-state index in [1.165, 1.54) is 0 Å². The molecule has 136 valence electrons. The molecule has 6 nitrogen and oxygen atoms in total. The molecular weight excluding hydrogens is 338 g/mol. The number of carbonyl (C=O) groups excluding carboxylic acids is 1. The summed E-state index contributed by atoms with van der Waals surface area (Å²) in [4.78, 5) is 21.4. The van der Waals surface area contributed by atoms with E-state index in [1.807, 2.05) is 45.0 Å². The minimum atomic E-state index is -1.15. The summed E-state index contributed by atoms with van der Waals surface area (Å²) in [6.45, 7) is 6.91. The average molecular weight is 363 g/mol. The Balaban J connectivity index is 1.53. The summed E-state index contributed by atoms with van der Waals surface area (Å²) in [5.74, 6) is 0.898. The van der Waals surface area contributed by atoms with Crippen molar-refractivity contribution in [1.82, 2.24) is 14.9 Å². The molecule has 0 aliphatic carbocycles. The zero-order chi connectivity index (χ0) is 18.0. The van der Waals surface area contributed by atoms with Gasteiger partial charge in [-0.2, -0.15) is 0 Å². The summed E-state index contributed by atoms with van der Waals surface area (Å²) in [5.41, 5.74) is 1.27. The second-order valence-electron chi connectivity index (χ2n) is 7.48. The number of aromatic amines is 1. The Labute approximate surface area is 150 Å². The van der Waals surface area contributed by atoms with Crippen LogP contribution < -0.4 is 0 Å². The van der Waals surface area contributed by atoms with Crippen molar-refractivity contribution in [2.45, 2.75) is 44.4 Å². The van der Waals surface area contributed by atoms with Crippen molar-refractivity contribution in [3.8, 4) is 0 Å².